The number of hydrogen-bond donors (Lipinski definition) is 2. The Labute approximate surface area is 164 Å². The fourth-order valence-corrected chi connectivity index (χ4v) is 3.33. The zero-order valence-electron chi connectivity index (χ0n) is 15.8. The summed E-state index contributed by atoms with van der Waals surface area (Å²) >= 11 is 0. The van der Waals surface area contributed by atoms with Crippen molar-refractivity contribution >= 4 is 17.7 Å². The standard InChI is InChI=1S/C22H25N3O3/c26-20(17-7-3-1-4-8-17)18-11-15-25(16-12-18)22(28)24-14-13-23-21(27)19-9-5-2-6-10-19/h1-10,18H,11-16H2,(H,23,27)(H,24,28). The number of ketones is 1. The molecule has 146 valence electrons. The quantitative estimate of drug-likeness (QED) is 0.598. The smallest absolute Gasteiger partial charge is 0.317 e. The number of nitrogens with one attached hydrogen (secondary N) is 2. The highest BCUT2D eigenvalue weighted by atomic mass is 16.2. The molecule has 0 atom stereocenters. The molecule has 28 heavy (non-hydrogen) atoms. The maximum atomic E-state index is 12.5. The topological polar surface area (TPSA) is 78.5 Å². The number of nitrogens with zero attached hydrogens (tertiary/aromatic N) is 1. The largest absolute Gasteiger partial charge is 0.350 e. The van der Waals surface area contributed by atoms with Crippen molar-refractivity contribution in [3.8, 4) is 0 Å². The van der Waals surface area contributed by atoms with E-state index in [9.17, 15) is 14.4 Å². The lowest BCUT2D eigenvalue weighted by Gasteiger charge is -2.31. The van der Waals surface area contributed by atoms with Gasteiger partial charge in [0.15, 0.2) is 5.78 Å². The average Bonchev–Trinajstić information content (AvgIpc) is 2.77. The number of carbonyl (C=O) groups excluding carboxylic acids is 3. The molecule has 6 nitrogen and oxygen atoms in total. The Bertz CT molecular complexity index is 800. The van der Waals surface area contributed by atoms with E-state index in [1.165, 1.54) is 0 Å². The Morgan fingerprint density at radius 2 is 1.32 bits per heavy atom. The molecule has 1 aliphatic rings. The molecule has 0 aliphatic carbocycles. The molecule has 2 aromatic carbocycles. The molecule has 0 unspecified atom stereocenters. The van der Waals surface area contributed by atoms with Crippen molar-refractivity contribution in [3.05, 3.63) is 71.8 Å². The van der Waals surface area contributed by atoms with Gasteiger partial charge >= 0.3 is 6.03 Å². The second kappa shape index (κ2) is 9.69. The van der Waals surface area contributed by atoms with E-state index in [1.807, 2.05) is 48.5 Å². The summed E-state index contributed by atoms with van der Waals surface area (Å²) in [6.45, 7) is 1.85. The fourth-order valence-electron chi connectivity index (χ4n) is 3.33. The first-order valence-electron chi connectivity index (χ1n) is 9.60. The molecule has 0 spiro atoms. The Morgan fingerprint density at radius 1 is 0.786 bits per heavy atom. The summed E-state index contributed by atoms with van der Waals surface area (Å²) in [5, 5.41) is 5.60. The lowest BCUT2D eigenvalue weighted by atomic mass is 9.89. The van der Waals surface area contributed by atoms with E-state index >= 15 is 0 Å². The van der Waals surface area contributed by atoms with Crippen LogP contribution in [0.3, 0.4) is 0 Å². The number of piperidine rings is 1. The van der Waals surface area contributed by atoms with Crippen LogP contribution in [-0.2, 0) is 0 Å². The molecule has 2 N–H and O–H groups in total. The summed E-state index contributed by atoms with van der Waals surface area (Å²) < 4.78 is 0. The van der Waals surface area contributed by atoms with Gasteiger partial charge in [-0.25, -0.2) is 4.79 Å². The first-order chi connectivity index (χ1) is 13.6. The Kier molecular flexibility index (Phi) is 6.78. The van der Waals surface area contributed by atoms with Crippen LogP contribution in [0.1, 0.15) is 33.6 Å². The molecular weight excluding hydrogens is 354 g/mol. The van der Waals surface area contributed by atoms with E-state index in [4.69, 9.17) is 0 Å². The van der Waals surface area contributed by atoms with Crippen LogP contribution in [0.2, 0.25) is 0 Å². The van der Waals surface area contributed by atoms with Gasteiger partial charge in [-0.3, -0.25) is 9.59 Å². The van der Waals surface area contributed by atoms with Crippen molar-refractivity contribution in [1.82, 2.24) is 15.5 Å². The number of hydrogen-bond acceptors (Lipinski definition) is 3. The van der Waals surface area contributed by atoms with Gasteiger partial charge in [-0.15, -0.1) is 0 Å². The van der Waals surface area contributed by atoms with Gasteiger partial charge in [-0.2, -0.15) is 0 Å². The Balaban J connectivity index is 1.36. The summed E-state index contributed by atoms with van der Waals surface area (Å²) in [4.78, 5) is 38.5. The van der Waals surface area contributed by atoms with Crippen molar-refractivity contribution in [2.24, 2.45) is 5.92 Å². The number of likely N-dealkylation sites (tertiary alicyclic amines) is 1. The molecule has 0 aromatic heterocycles. The van der Waals surface area contributed by atoms with E-state index in [2.05, 4.69) is 10.6 Å². The third kappa shape index (κ3) is 5.19. The Morgan fingerprint density at radius 3 is 1.93 bits per heavy atom. The highest BCUT2D eigenvalue weighted by Gasteiger charge is 2.27. The molecule has 6 heteroatoms. The average molecular weight is 379 g/mol. The number of carbonyl (C=O) groups is 3. The molecule has 0 bridgehead atoms. The normalized spacial score (nSPS) is 14.4. The van der Waals surface area contributed by atoms with Crippen LogP contribution in [0.15, 0.2) is 60.7 Å². The van der Waals surface area contributed by atoms with Gasteiger partial charge in [0.25, 0.3) is 5.91 Å². The number of rotatable bonds is 6. The molecule has 1 aliphatic heterocycles. The van der Waals surface area contributed by atoms with E-state index in [1.54, 1.807) is 17.0 Å². The van der Waals surface area contributed by atoms with Crippen LogP contribution in [0, 0.1) is 5.92 Å². The molecule has 2 aromatic rings. The second-order valence-electron chi connectivity index (χ2n) is 6.85. The summed E-state index contributed by atoms with van der Waals surface area (Å²) in [6, 6.07) is 18.1. The van der Waals surface area contributed by atoms with E-state index in [0.717, 1.165) is 5.56 Å². The fraction of sp³-hybridized carbons (Fsp3) is 0.318. The third-order valence-electron chi connectivity index (χ3n) is 4.93. The maximum Gasteiger partial charge on any atom is 0.317 e. The highest BCUT2D eigenvalue weighted by molar-refractivity contribution is 5.98. The predicted molar refractivity (Wildman–Crippen MR) is 107 cm³/mol. The minimum atomic E-state index is -0.157. The molecule has 0 radical (unpaired) electrons. The lowest BCUT2D eigenvalue weighted by molar-refractivity contribution is 0.0854. The van der Waals surface area contributed by atoms with Gasteiger partial charge in [-0.05, 0) is 25.0 Å². The minimum absolute atomic E-state index is 0.0309. The molecule has 3 rings (SSSR count). The van der Waals surface area contributed by atoms with E-state index in [-0.39, 0.29) is 23.6 Å². The first kappa shape index (κ1) is 19.6. The van der Waals surface area contributed by atoms with Crippen LogP contribution in [0.5, 0.6) is 0 Å². The Hall–Kier alpha value is -3.15. The molecule has 1 saturated heterocycles. The first-order valence-corrected chi connectivity index (χ1v) is 9.60. The molecular formula is C22H25N3O3. The summed E-state index contributed by atoms with van der Waals surface area (Å²) in [7, 11) is 0. The maximum absolute atomic E-state index is 12.5. The third-order valence-corrected chi connectivity index (χ3v) is 4.93. The van der Waals surface area contributed by atoms with Gasteiger partial charge in [0, 0.05) is 43.2 Å². The van der Waals surface area contributed by atoms with E-state index < -0.39 is 0 Å². The minimum Gasteiger partial charge on any atom is -0.350 e. The zero-order valence-corrected chi connectivity index (χ0v) is 15.8. The van der Waals surface area contributed by atoms with Gasteiger partial charge in [0.1, 0.15) is 0 Å². The van der Waals surface area contributed by atoms with Gasteiger partial charge in [0.2, 0.25) is 0 Å². The van der Waals surface area contributed by atoms with Crippen LogP contribution < -0.4 is 10.6 Å². The van der Waals surface area contributed by atoms with Crippen molar-refractivity contribution in [2.45, 2.75) is 12.8 Å². The molecule has 1 heterocycles. The zero-order chi connectivity index (χ0) is 19.8. The number of benzene rings is 2. The highest BCUT2D eigenvalue weighted by Crippen LogP contribution is 2.21. The second-order valence-corrected chi connectivity index (χ2v) is 6.85. The summed E-state index contributed by atoms with van der Waals surface area (Å²) in [5.74, 6) is -0.0315. The van der Waals surface area contributed by atoms with Crippen LogP contribution >= 0.6 is 0 Å². The molecule has 3 amide bonds. The monoisotopic (exact) mass is 379 g/mol. The van der Waals surface area contributed by atoms with Crippen molar-refractivity contribution in [1.29, 1.82) is 0 Å². The lowest BCUT2D eigenvalue weighted by Crippen LogP contribution is -2.47. The molecule has 0 saturated carbocycles. The van der Waals surface area contributed by atoms with Crippen LogP contribution in [0.25, 0.3) is 0 Å². The van der Waals surface area contributed by atoms with Crippen LogP contribution in [0.4, 0.5) is 4.79 Å². The predicted octanol–water partition coefficient (Wildman–Crippen LogP) is 2.72. The summed E-state index contributed by atoms with van der Waals surface area (Å²) in [6.07, 6.45) is 1.35. The number of urea groups is 1. The SMILES string of the molecule is O=C(NCCNC(=O)N1CCC(C(=O)c2ccccc2)CC1)c1ccccc1. The van der Waals surface area contributed by atoms with Crippen molar-refractivity contribution < 1.29 is 14.4 Å². The van der Waals surface area contributed by atoms with Gasteiger partial charge < -0.3 is 15.5 Å². The van der Waals surface area contributed by atoms with Gasteiger partial charge in [0.05, 0.1) is 0 Å². The van der Waals surface area contributed by atoms with Gasteiger partial charge in [-0.1, -0.05) is 48.5 Å². The summed E-state index contributed by atoms with van der Waals surface area (Å²) in [5.41, 5.74) is 1.33. The molecule has 1 fully saturated rings. The van der Waals surface area contributed by atoms with Crippen molar-refractivity contribution in [2.75, 3.05) is 26.2 Å². The van der Waals surface area contributed by atoms with Crippen LogP contribution in [-0.4, -0.2) is 48.8 Å². The van der Waals surface area contributed by atoms with Crippen molar-refractivity contribution in [3.63, 3.8) is 0 Å². The van der Waals surface area contributed by atoms with E-state index in [0.29, 0.717) is 44.6 Å². The number of Topliss-reactive ketones (excluding diaryl/α,β-unsaturated/α-hetero) is 1. The number of amides is 3.